The van der Waals surface area contributed by atoms with Crippen molar-refractivity contribution >= 4 is 8.32 Å². The Morgan fingerprint density at radius 1 is 1.13 bits per heavy atom. The number of rotatable bonds is 3. The molecule has 0 aliphatic heterocycles. The molecule has 0 aromatic rings. The molecule has 1 aliphatic carbocycles. The van der Waals surface area contributed by atoms with Crippen LogP contribution in [0, 0.1) is 18.3 Å². The second-order valence-corrected chi connectivity index (χ2v) is 10.0. The van der Waals surface area contributed by atoms with E-state index in [2.05, 4.69) is 25.6 Å². The highest BCUT2D eigenvalue weighted by molar-refractivity contribution is 6.69. The van der Waals surface area contributed by atoms with Gasteiger partial charge in [-0.2, -0.15) is 0 Å². The van der Waals surface area contributed by atoms with Crippen molar-refractivity contribution in [3.63, 3.8) is 0 Å². The first kappa shape index (κ1) is 12.8. The second kappa shape index (κ2) is 5.72. The fourth-order valence-corrected chi connectivity index (χ4v) is 3.28. The van der Waals surface area contributed by atoms with Crippen LogP contribution in [0.1, 0.15) is 38.5 Å². The molecule has 0 bridgehead atoms. The van der Waals surface area contributed by atoms with Crippen molar-refractivity contribution in [2.24, 2.45) is 5.92 Å². The molecule has 1 unspecified atom stereocenters. The van der Waals surface area contributed by atoms with Gasteiger partial charge in [0.05, 0.1) is 0 Å². The van der Waals surface area contributed by atoms with E-state index in [0.29, 0.717) is 5.92 Å². The molecule has 0 amide bonds. The van der Waals surface area contributed by atoms with Gasteiger partial charge in [0.25, 0.3) is 0 Å². The van der Waals surface area contributed by atoms with Gasteiger partial charge in [0.2, 0.25) is 0 Å². The lowest BCUT2D eigenvalue weighted by Gasteiger charge is -2.28. The predicted molar refractivity (Wildman–Crippen MR) is 68.2 cm³/mol. The normalized spacial score (nSPS) is 21.7. The van der Waals surface area contributed by atoms with Gasteiger partial charge in [-0.25, -0.2) is 0 Å². The van der Waals surface area contributed by atoms with E-state index in [4.69, 9.17) is 10.8 Å². The van der Waals surface area contributed by atoms with Crippen LogP contribution in [0.3, 0.4) is 0 Å². The number of hydrogen-bond acceptors (Lipinski definition) is 1. The van der Waals surface area contributed by atoms with Crippen LogP contribution in [0.4, 0.5) is 0 Å². The highest BCUT2D eigenvalue weighted by Gasteiger charge is 2.26. The van der Waals surface area contributed by atoms with Crippen molar-refractivity contribution in [1.82, 2.24) is 0 Å². The summed E-state index contributed by atoms with van der Waals surface area (Å²) in [5, 5.41) is 0. The summed E-state index contributed by atoms with van der Waals surface area (Å²) in [4.78, 5) is 0. The average Bonchev–Trinajstić information content (AvgIpc) is 2.40. The van der Waals surface area contributed by atoms with E-state index < -0.39 is 8.32 Å². The second-order valence-electron chi connectivity index (χ2n) is 5.57. The van der Waals surface area contributed by atoms with Crippen LogP contribution in [0.2, 0.25) is 19.6 Å². The lowest BCUT2D eigenvalue weighted by molar-refractivity contribution is 0.167. The Morgan fingerprint density at radius 2 is 1.67 bits per heavy atom. The Bertz CT molecular complexity index is 216. The van der Waals surface area contributed by atoms with Gasteiger partial charge in [-0.05, 0) is 38.4 Å². The SMILES string of the molecule is C#CC(O[Si](C)(C)C)C1CCCCCC1. The van der Waals surface area contributed by atoms with Gasteiger partial charge in [-0.15, -0.1) is 6.42 Å². The molecule has 2 heteroatoms. The number of terminal acetylenes is 1. The van der Waals surface area contributed by atoms with Crippen molar-refractivity contribution in [2.75, 3.05) is 0 Å². The Kier molecular flexibility index (Phi) is 4.88. The van der Waals surface area contributed by atoms with Crippen LogP contribution in [-0.2, 0) is 4.43 Å². The molecule has 15 heavy (non-hydrogen) atoms. The molecule has 86 valence electrons. The third kappa shape index (κ3) is 4.86. The Labute approximate surface area is 95.7 Å². The first-order valence-corrected chi connectivity index (χ1v) is 9.58. The van der Waals surface area contributed by atoms with Gasteiger partial charge in [0, 0.05) is 0 Å². The van der Waals surface area contributed by atoms with Crippen LogP contribution in [0.15, 0.2) is 0 Å². The third-order valence-corrected chi connectivity index (χ3v) is 3.93. The van der Waals surface area contributed by atoms with Crippen molar-refractivity contribution in [3.05, 3.63) is 0 Å². The summed E-state index contributed by atoms with van der Waals surface area (Å²) in [7, 11) is -1.48. The Morgan fingerprint density at radius 3 is 2.07 bits per heavy atom. The molecule has 1 saturated carbocycles. The van der Waals surface area contributed by atoms with Gasteiger partial charge >= 0.3 is 0 Å². The van der Waals surface area contributed by atoms with E-state index in [1.54, 1.807) is 0 Å². The van der Waals surface area contributed by atoms with Crippen molar-refractivity contribution in [3.8, 4) is 12.3 Å². The van der Waals surface area contributed by atoms with E-state index in [-0.39, 0.29) is 6.10 Å². The molecule has 0 spiro atoms. The van der Waals surface area contributed by atoms with Gasteiger partial charge < -0.3 is 4.43 Å². The lowest BCUT2D eigenvalue weighted by atomic mass is 9.95. The van der Waals surface area contributed by atoms with Gasteiger partial charge in [-0.1, -0.05) is 31.6 Å². The first-order valence-electron chi connectivity index (χ1n) is 6.17. The highest BCUT2D eigenvalue weighted by atomic mass is 28.4. The summed E-state index contributed by atoms with van der Waals surface area (Å²) in [6.45, 7) is 6.65. The fraction of sp³-hybridized carbons (Fsp3) is 0.846. The number of hydrogen-bond donors (Lipinski definition) is 0. The summed E-state index contributed by atoms with van der Waals surface area (Å²) in [6, 6.07) is 0. The molecule has 0 heterocycles. The van der Waals surface area contributed by atoms with Gasteiger partial charge in [0.1, 0.15) is 6.10 Å². The largest absolute Gasteiger partial charge is 0.404 e. The molecule has 1 nitrogen and oxygen atoms in total. The molecule has 0 aromatic heterocycles. The Hall–Kier alpha value is -0.263. The van der Waals surface area contributed by atoms with E-state index >= 15 is 0 Å². The monoisotopic (exact) mass is 224 g/mol. The summed E-state index contributed by atoms with van der Waals surface area (Å²) in [5.41, 5.74) is 0. The molecule has 1 atom stereocenters. The first-order chi connectivity index (χ1) is 7.03. The zero-order valence-electron chi connectivity index (χ0n) is 10.4. The zero-order chi connectivity index (χ0) is 11.3. The summed E-state index contributed by atoms with van der Waals surface area (Å²) in [5.74, 6) is 3.48. The quantitative estimate of drug-likeness (QED) is 0.402. The molecule has 1 fully saturated rings. The van der Waals surface area contributed by atoms with Crippen LogP contribution >= 0.6 is 0 Å². The third-order valence-electron chi connectivity index (χ3n) is 2.97. The van der Waals surface area contributed by atoms with Crippen LogP contribution in [0.5, 0.6) is 0 Å². The maximum atomic E-state index is 6.08. The molecule has 0 radical (unpaired) electrons. The zero-order valence-corrected chi connectivity index (χ0v) is 11.4. The summed E-state index contributed by atoms with van der Waals surface area (Å²) >= 11 is 0. The fourth-order valence-electron chi connectivity index (χ4n) is 2.26. The molecule has 1 rings (SSSR count). The topological polar surface area (TPSA) is 9.23 Å². The smallest absolute Gasteiger partial charge is 0.185 e. The van der Waals surface area contributed by atoms with E-state index in [9.17, 15) is 0 Å². The summed E-state index contributed by atoms with van der Waals surface area (Å²) < 4.78 is 6.08. The van der Waals surface area contributed by atoms with Gasteiger partial charge in [-0.3, -0.25) is 0 Å². The average molecular weight is 224 g/mol. The van der Waals surface area contributed by atoms with Crippen molar-refractivity contribution in [2.45, 2.75) is 64.3 Å². The molecule has 0 saturated heterocycles. The van der Waals surface area contributed by atoms with Crippen LogP contribution in [-0.4, -0.2) is 14.4 Å². The standard InChI is InChI=1S/C13H24OSi/c1-5-13(14-15(2,3)4)12-10-8-6-7-9-11-12/h1,12-13H,6-11H2,2-4H3. The van der Waals surface area contributed by atoms with E-state index in [1.807, 2.05) is 0 Å². The van der Waals surface area contributed by atoms with Crippen LogP contribution < -0.4 is 0 Å². The minimum absolute atomic E-state index is 0.0785. The van der Waals surface area contributed by atoms with E-state index in [0.717, 1.165) is 0 Å². The maximum Gasteiger partial charge on any atom is 0.185 e. The maximum absolute atomic E-state index is 6.08. The predicted octanol–water partition coefficient (Wildman–Crippen LogP) is 3.81. The molecule has 1 aliphatic rings. The van der Waals surface area contributed by atoms with Crippen LogP contribution in [0.25, 0.3) is 0 Å². The lowest BCUT2D eigenvalue weighted by Crippen LogP contribution is -2.35. The minimum Gasteiger partial charge on any atom is -0.404 e. The van der Waals surface area contributed by atoms with Crippen molar-refractivity contribution in [1.29, 1.82) is 0 Å². The minimum atomic E-state index is -1.48. The Balaban J connectivity index is 2.53. The van der Waals surface area contributed by atoms with Gasteiger partial charge in [0.15, 0.2) is 8.32 Å². The molecule has 0 aromatic carbocycles. The highest BCUT2D eigenvalue weighted by Crippen LogP contribution is 2.28. The summed E-state index contributed by atoms with van der Waals surface area (Å²) in [6.07, 6.45) is 13.6. The van der Waals surface area contributed by atoms with E-state index in [1.165, 1.54) is 38.5 Å². The molecular formula is C13H24OSi. The molecule has 0 N–H and O–H groups in total. The molecular weight excluding hydrogens is 200 g/mol. The van der Waals surface area contributed by atoms with Crippen molar-refractivity contribution < 1.29 is 4.43 Å².